The highest BCUT2D eigenvalue weighted by Crippen LogP contribution is 2.26. The Labute approximate surface area is 159 Å². The zero-order valence-electron chi connectivity index (χ0n) is 14.9. The van der Waals surface area contributed by atoms with E-state index in [4.69, 9.17) is 9.73 Å². The third-order valence-corrected chi connectivity index (χ3v) is 4.79. The predicted molar refractivity (Wildman–Crippen MR) is 111 cm³/mol. The lowest BCUT2D eigenvalue weighted by molar-refractivity contribution is 0.478. The van der Waals surface area contributed by atoms with E-state index in [0.717, 1.165) is 26.9 Å². The Morgan fingerprint density at radius 2 is 1.46 bits per heavy atom. The molecule has 3 aromatic rings. The van der Waals surface area contributed by atoms with Crippen molar-refractivity contribution >= 4 is 22.5 Å². The monoisotopic (exact) mass is 359 g/mol. The number of nitrogens with zero attached hydrogens (tertiary/aromatic N) is 1. The van der Waals surface area contributed by atoms with Gasteiger partial charge in [-0.2, -0.15) is 0 Å². The van der Waals surface area contributed by atoms with Crippen molar-refractivity contribution in [3.05, 3.63) is 102 Å². The second-order valence-electron chi connectivity index (χ2n) is 5.90. The number of aliphatic imine (C=N–C) groups is 1. The number of ether oxygens (including phenoxy) is 1. The fourth-order valence-corrected chi connectivity index (χ4v) is 3.11. The number of thioether (sulfide) groups is 1. The van der Waals surface area contributed by atoms with Gasteiger partial charge in [-0.05, 0) is 50.2 Å². The summed E-state index contributed by atoms with van der Waals surface area (Å²) in [6.45, 7) is 4.10. The molecule has 0 aliphatic heterocycles. The van der Waals surface area contributed by atoms with Crippen molar-refractivity contribution in [2.24, 2.45) is 4.99 Å². The van der Waals surface area contributed by atoms with Crippen LogP contribution in [0.15, 0.2) is 107 Å². The molecule has 0 aliphatic carbocycles. The summed E-state index contributed by atoms with van der Waals surface area (Å²) in [5.74, 6) is 0.811. The molecule has 3 aromatic carbocycles. The Bertz CT molecular complexity index is 885. The van der Waals surface area contributed by atoms with Crippen LogP contribution in [0, 0.1) is 6.92 Å². The molecule has 0 unspecified atom stereocenters. The summed E-state index contributed by atoms with van der Waals surface area (Å²) in [4.78, 5) is 5.98. The van der Waals surface area contributed by atoms with Gasteiger partial charge in [0.2, 0.25) is 0 Å². The van der Waals surface area contributed by atoms with Crippen molar-refractivity contribution in [1.82, 2.24) is 0 Å². The number of hydrogen-bond donors (Lipinski definition) is 0. The van der Waals surface area contributed by atoms with Gasteiger partial charge in [-0.1, -0.05) is 65.9 Å². The molecule has 0 heterocycles. The molecular formula is C23H21NOS. The van der Waals surface area contributed by atoms with Crippen LogP contribution < -0.4 is 4.74 Å². The van der Waals surface area contributed by atoms with Crippen LogP contribution in [-0.2, 0) is 0 Å². The number of hydrogen-bond acceptors (Lipinski definition) is 3. The van der Waals surface area contributed by atoms with Crippen LogP contribution >= 0.6 is 11.8 Å². The smallest absolute Gasteiger partial charge is 0.126 e. The molecule has 3 rings (SSSR count). The average molecular weight is 359 g/mol. The third kappa shape index (κ3) is 5.36. The van der Waals surface area contributed by atoms with E-state index < -0.39 is 0 Å². The molecule has 0 aromatic heterocycles. The Morgan fingerprint density at radius 1 is 0.846 bits per heavy atom. The van der Waals surface area contributed by atoms with E-state index in [1.807, 2.05) is 67.6 Å². The quantitative estimate of drug-likeness (QED) is 0.216. The van der Waals surface area contributed by atoms with Gasteiger partial charge in [-0.3, -0.25) is 0 Å². The number of aryl methyl sites for hydroxylation is 1. The second kappa shape index (κ2) is 9.07. The lowest BCUT2D eigenvalue weighted by Gasteiger charge is -2.08. The molecule has 2 nitrogen and oxygen atoms in total. The van der Waals surface area contributed by atoms with Crippen molar-refractivity contribution < 1.29 is 4.74 Å². The largest absolute Gasteiger partial charge is 0.465 e. The molecule has 3 heteroatoms. The highest BCUT2D eigenvalue weighted by Gasteiger charge is 2.07. The van der Waals surface area contributed by atoms with Crippen LogP contribution in [0.25, 0.3) is 0 Å². The second-order valence-corrected chi connectivity index (χ2v) is 6.96. The summed E-state index contributed by atoms with van der Waals surface area (Å²) in [5, 5.41) is 0.913. The van der Waals surface area contributed by atoms with Crippen LogP contribution in [0.2, 0.25) is 0 Å². The summed E-state index contributed by atoms with van der Waals surface area (Å²) in [6.07, 6.45) is 1.76. The van der Waals surface area contributed by atoms with Crippen molar-refractivity contribution in [3.8, 4) is 5.75 Å². The van der Waals surface area contributed by atoms with Crippen molar-refractivity contribution in [2.75, 3.05) is 0 Å². The Morgan fingerprint density at radius 3 is 2.12 bits per heavy atom. The van der Waals surface area contributed by atoms with Gasteiger partial charge in [-0.15, -0.1) is 0 Å². The molecule has 130 valence electrons. The molecule has 0 saturated carbocycles. The van der Waals surface area contributed by atoms with Gasteiger partial charge in [0, 0.05) is 10.5 Å². The normalized spacial score (nSPS) is 12.1. The minimum atomic E-state index is 0.811. The molecule has 0 saturated heterocycles. The van der Waals surface area contributed by atoms with E-state index >= 15 is 0 Å². The van der Waals surface area contributed by atoms with Gasteiger partial charge in [0.05, 0.1) is 11.9 Å². The van der Waals surface area contributed by atoms with Crippen molar-refractivity contribution in [2.45, 2.75) is 18.7 Å². The maximum atomic E-state index is 5.79. The number of benzene rings is 3. The number of rotatable bonds is 5. The van der Waals surface area contributed by atoms with Crippen LogP contribution in [0.5, 0.6) is 5.75 Å². The van der Waals surface area contributed by atoms with Crippen LogP contribution in [-0.4, -0.2) is 5.04 Å². The molecule has 0 radical (unpaired) electrons. The van der Waals surface area contributed by atoms with Crippen molar-refractivity contribution in [3.63, 3.8) is 0 Å². The standard InChI is InChI=1S/C23H21NOS/c1-18-13-15-20(16-14-18)24-23(26-22-11-7-4-8-12-22)19(2)17-25-21-9-5-3-6-10-21/h3-17H,1-2H3/b19-17+,24-23-. The summed E-state index contributed by atoms with van der Waals surface area (Å²) >= 11 is 1.63. The molecule has 0 spiro atoms. The number of para-hydroxylation sites is 1. The first-order valence-corrected chi connectivity index (χ1v) is 9.29. The molecule has 0 atom stereocenters. The van der Waals surface area contributed by atoms with Gasteiger partial charge >= 0.3 is 0 Å². The first kappa shape index (κ1) is 18.0. The predicted octanol–water partition coefficient (Wildman–Crippen LogP) is 6.80. The van der Waals surface area contributed by atoms with E-state index in [-0.39, 0.29) is 0 Å². The van der Waals surface area contributed by atoms with Crippen LogP contribution in [0.4, 0.5) is 5.69 Å². The van der Waals surface area contributed by atoms with Gasteiger partial charge in [0.15, 0.2) is 0 Å². The summed E-state index contributed by atoms with van der Waals surface area (Å²) < 4.78 is 5.79. The van der Waals surface area contributed by atoms with Crippen LogP contribution in [0.1, 0.15) is 12.5 Å². The van der Waals surface area contributed by atoms with Gasteiger partial charge in [0.25, 0.3) is 0 Å². The first-order valence-electron chi connectivity index (χ1n) is 8.48. The lowest BCUT2D eigenvalue weighted by atomic mass is 10.2. The molecule has 26 heavy (non-hydrogen) atoms. The summed E-state index contributed by atoms with van der Waals surface area (Å²) in [5.41, 5.74) is 3.13. The lowest BCUT2D eigenvalue weighted by Crippen LogP contribution is -1.97. The Hall–Kier alpha value is -2.78. The zero-order valence-corrected chi connectivity index (χ0v) is 15.7. The fourth-order valence-electron chi connectivity index (χ4n) is 2.23. The van der Waals surface area contributed by atoms with Gasteiger partial charge < -0.3 is 4.74 Å². The zero-order chi connectivity index (χ0) is 18.2. The summed E-state index contributed by atoms with van der Waals surface area (Å²) in [7, 11) is 0. The first-order chi connectivity index (χ1) is 12.7. The SMILES string of the molecule is CC(=C\Oc1ccccc1)/C(=N/c1ccc(C)cc1)Sc1ccccc1. The fraction of sp³-hybridized carbons (Fsp3) is 0.0870. The Balaban J connectivity index is 1.87. The molecule has 0 aliphatic rings. The van der Waals surface area contributed by atoms with E-state index in [0.29, 0.717) is 0 Å². The maximum absolute atomic E-state index is 5.79. The Kier molecular flexibility index (Phi) is 6.29. The van der Waals surface area contributed by atoms with Gasteiger partial charge in [0.1, 0.15) is 10.8 Å². The molecule has 0 N–H and O–H groups in total. The van der Waals surface area contributed by atoms with Crippen molar-refractivity contribution in [1.29, 1.82) is 0 Å². The minimum absolute atomic E-state index is 0.811. The summed E-state index contributed by atoms with van der Waals surface area (Å²) in [6, 6.07) is 28.2. The van der Waals surface area contributed by atoms with Crippen LogP contribution in [0.3, 0.4) is 0 Å². The highest BCUT2D eigenvalue weighted by atomic mass is 32.2. The van der Waals surface area contributed by atoms with E-state index in [1.165, 1.54) is 5.56 Å². The third-order valence-electron chi connectivity index (χ3n) is 3.67. The van der Waals surface area contributed by atoms with E-state index in [9.17, 15) is 0 Å². The van der Waals surface area contributed by atoms with E-state index in [2.05, 4.69) is 31.2 Å². The minimum Gasteiger partial charge on any atom is -0.465 e. The average Bonchev–Trinajstić information content (AvgIpc) is 2.69. The van der Waals surface area contributed by atoms with Gasteiger partial charge in [-0.25, -0.2) is 4.99 Å². The van der Waals surface area contributed by atoms with E-state index in [1.54, 1.807) is 18.0 Å². The topological polar surface area (TPSA) is 21.6 Å². The molecule has 0 amide bonds. The maximum Gasteiger partial charge on any atom is 0.126 e. The molecular weight excluding hydrogens is 338 g/mol. The molecule has 0 bridgehead atoms. The highest BCUT2D eigenvalue weighted by molar-refractivity contribution is 8.14. The molecule has 0 fully saturated rings.